The Hall–Kier alpha value is -1.97. The predicted molar refractivity (Wildman–Crippen MR) is 72.3 cm³/mol. The Bertz CT molecular complexity index is 617. The van der Waals surface area contributed by atoms with Crippen molar-refractivity contribution in [2.75, 3.05) is 0 Å². The summed E-state index contributed by atoms with van der Waals surface area (Å²) in [5.41, 5.74) is 2.67. The fraction of sp³-hybridized carbons (Fsp3) is 0.333. The highest BCUT2D eigenvalue weighted by molar-refractivity contribution is 5.94. The molecule has 2 rings (SSSR count). The maximum atomic E-state index is 14.1. The highest BCUT2D eigenvalue weighted by Gasteiger charge is 2.13. The molecule has 1 aromatic heterocycles. The second kappa shape index (κ2) is 5.34. The molecule has 0 unspecified atom stereocenters. The third-order valence-corrected chi connectivity index (χ3v) is 3.14. The topological polar surface area (TPSA) is 34.9 Å². The molecule has 0 radical (unpaired) electrons. The third-order valence-electron chi connectivity index (χ3n) is 3.14. The summed E-state index contributed by atoms with van der Waals surface area (Å²) in [7, 11) is 0. The van der Waals surface area contributed by atoms with Crippen LogP contribution in [0.15, 0.2) is 24.3 Å². The Morgan fingerprint density at radius 1 is 1.26 bits per heavy atom. The van der Waals surface area contributed by atoms with Gasteiger partial charge in [0.1, 0.15) is 11.5 Å². The van der Waals surface area contributed by atoms with Gasteiger partial charge in [0.25, 0.3) is 0 Å². The summed E-state index contributed by atoms with van der Waals surface area (Å²) in [5.74, 6) is -0.566. The van der Waals surface area contributed by atoms with Crippen molar-refractivity contribution in [1.82, 2.24) is 9.78 Å². The summed E-state index contributed by atoms with van der Waals surface area (Å²) < 4.78 is 15.7. The molecular weight excluding hydrogens is 243 g/mol. The maximum absolute atomic E-state index is 14.1. The lowest BCUT2D eigenvalue weighted by Crippen LogP contribution is -2.05. The number of ketones is 1. The first-order chi connectivity index (χ1) is 9.06. The van der Waals surface area contributed by atoms with Crippen molar-refractivity contribution in [2.45, 2.75) is 33.6 Å². The van der Waals surface area contributed by atoms with Crippen molar-refractivity contribution in [2.24, 2.45) is 0 Å². The summed E-state index contributed by atoms with van der Waals surface area (Å²) in [6.45, 7) is 5.45. The number of carbonyl (C=O) groups is 1. The Morgan fingerprint density at radius 3 is 2.53 bits per heavy atom. The molecule has 100 valence electrons. The molecule has 19 heavy (non-hydrogen) atoms. The molecule has 0 bridgehead atoms. The summed E-state index contributed by atoms with van der Waals surface area (Å²) >= 11 is 0. The zero-order valence-corrected chi connectivity index (χ0v) is 11.4. The van der Waals surface area contributed by atoms with Crippen molar-refractivity contribution >= 4 is 5.78 Å². The van der Waals surface area contributed by atoms with Crippen LogP contribution in [-0.4, -0.2) is 15.6 Å². The molecule has 4 heteroatoms. The number of nitrogens with zero attached hydrogens (tertiary/aromatic N) is 2. The van der Waals surface area contributed by atoms with E-state index in [1.165, 1.54) is 13.0 Å². The number of aromatic nitrogens is 2. The number of aryl methyl sites for hydroxylation is 2. The van der Waals surface area contributed by atoms with E-state index in [0.29, 0.717) is 11.3 Å². The number of halogens is 1. The van der Waals surface area contributed by atoms with Gasteiger partial charge >= 0.3 is 0 Å². The van der Waals surface area contributed by atoms with E-state index in [1.54, 1.807) is 16.8 Å². The molecule has 0 fully saturated rings. The molecule has 0 aliphatic heterocycles. The van der Waals surface area contributed by atoms with Crippen molar-refractivity contribution in [3.63, 3.8) is 0 Å². The highest BCUT2D eigenvalue weighted by Crippen LogP contribution is 2.19. The van der Waals surface area contributed by atoms with Gasteiger partial charge in [-0.25, -0.2) is 9.07 Å². The lowest BCUT2D eigenvalue weighted by Gasteiger charge is -2.08. The van der Waals surface area contributed by atoms with Crippen LogP contribution in [0, 0.1) is 5.82 Å². The highest BCUT2D eigenvalue weighted by atomic mass is 19.1. The van der Waals surface area contributed by atoms with Crippen molar-refractivity contribution in [3.8, 4) is 5.69 Å². The molecule has 0 amide bonds. The Labute approximate surface area is 112 Å². The van der Waals surface area contributed by atoms with Crippen LogP contribution in [0.4, 0.5) is 4.39 Å². The molecule has 1 heterocycles. The molecular formula is C15H17FN2O. The van der Waals surface area contributed by atoms with E-state index >= 15 is 0 Å². The second-order valence-corrected chi connectivity index (χ2v) is 4.47. The lowest BCUT2D eigenvalue weighted by atomic mass is 10.1. The molecule has 0 saturated carbocycles. The Kier molecular flexibility index (Phi) is 3.79. The van der Waals surface area contributed by atoms with Gasteiger partial charge in [-0.05, 0) is 44.0 Å². The summed E-state index contributed by atoms with van der Waals surface area (Å²) in [6.07, 6.45) is 1.59. The second-order valence-electron chi connectivity index (χ2n) is 4.47. The Morgan fingerprint density at radius 2 is 2.00 bits per heavy atom. The van der Waals surface area contributed by atoms with Crippen LogP contribution >= 0.6 is 0 Å². The van der Waals surface area contributed by atoms with Gasteiger partial charge in [-0.2, -0.15) is 5.10 Å². The van der Waals surface area contributed by atoms with E-state index in [-0.39, 0.29) is 5.78 Å². The minimum absolute atomic E-state index is 0.143. The smallest absolute Gasteiger partial charge is 0.159 e. The SMILES string of the molecule is CCc1cc(CC)n(-c2ccc(C(C)=O)cc2F)n1. The standard InChI is InChI=1S/C15H17FN2O/c1-4-12-9-13(5-2)18(17-12)15-7-6-11(10(3)19)8-14(15)16/h6-9H,4-5H2,1-3H3. The van der Waals surface area contributed by atoms with Gasteiger partial charge < -0.3 is 0 Å². The number of rotatable bonds is 4. The largest absolute Gasteiger partial charge is 0.295 e. The number of hydrogen-bond acceptors (Lipinski definition) is 2. The van der Waals surface area contributed by atoms with E-state index in [9.17, 15) is 9.18 Å². The third kappa shape index (κ3) is 2.57. The normalized spacial score (nSPS) is 10.7. The van der Waals surface area contributed by atoms with E-state index in [1.807, 2.05) is 19.9 Å². The molecule has 3 nitrogen and oxygen atoms in total. The van der Waals surface area contributed by atoms with Crippen molar-refractivity contribution in [3.05, 3.63) is 47.0 Å². The van der Waals surface area contributed by atoms with E-state index in [0.717, 1.165) is 24.2 Å². The van der Waals surface area contributed by atoms with Crippen LogP contribution < -0.4 is 0 Å². The number of benzene rings is 1. The molecule has 0 N–H and O–H groups in total. The first-order valence-electron chi connectivity index (χ1n) is 6.45. The quantitative estimate of drug-likeness (QED) is 0.790. The predicted octanol–water partition coefficient (Wildman–Crippen LogP) is 3.34. The van der Waals surface area contributed by atoms with E-state index in [2.05, 4.69) is 5.10 Å². The lowest BCUT2D eigenvalue weighted by molar-refractivity contribution is 0.101. The average molecular weight is 260 g/mol. The van der Waals surface area contributed by atoms with Gasteiger partial charge in [0, 0.05) is 11.3 Å². The minimum Gasteiger partial charge on any atom is -0.295 e. The van der Waals surface area contributed by atoms with Crippen LogP contribution in [-0.2, 0) is 12.8 Å². The molecule has 0 atom stereocenters. The molecule has 1 aromatic carbocycles. The van der Waals surface area contributed by atoms with Crippen molar-refractivity contribution in [1.29, 1.82) is 0 Å². The summed E-state index contributed by atoms with van der Waals surface area (Å²) in [6, 6.07) is 6.49. The monoisotopic (exact) mass is 260 g/mol. The molecule has 0 spiro atoms. The van der Waals surface area contributed by atoms with Gasteiger partial charge in [-0.15, -0.1) is 0 Å². The number of carbonyl (C=O) groups excluding carboxylic acids is 1. The van der Waals surface area contributed by atoms with Crippen LogP contribution in [0.2, 0.25) is 0 Å². The van der Waals surface area contributed by atoms with Crippen LogP contribution in [0.25, 0.3) is 5.69 Å². The fourth-order valence-corrected chi connectivity index (χ4v) is 2.01. The van der Waals surface area contributed by atoms with Crippen molar-refractivity contribution < 1.29 is 9.18 Å². The van der Waals surface area contributed by atoms with E-state index in [4.69, 9.17) is 0 Å². The molecule has 0 aliphatic carbocycles. The maximum Gasteiger partial charge on any atom is 0.159 e. The molecule has 0 aliphatic rings. The zero-order valence-electron chi connectivity index (χ0n) is 11.4. The van der Waals surface area contributed by atoms with Gasteiger partial charge in [0.15, 0.2) is 5.78 Å². The van der Waals surface area contributed by atoms with E-state index < -0.39 is 5.82 Å². The van der Waals surface area contributed by atoms with Gasteiger partial charge in [0.2, 0.25) is 0 Å². The molecule has 0 saturated heterocycles. The zero-order chi connectivity index (χ0) is 14.0. The summed E-state index contributed by atoms with van der Waals surface area (Å²) in [5, 5.41) is 4.40. The summed E-state index contributed by atoms with van der Waals surface area (Å²) in [4.78, 5) is 11.2. The Balaban J connectivity index is 2.52. The minimum atomic E-state index is -0.423. The number of Topliss-reactive ketones (excluding diaryl/α,β-unsaturated/α-hetero) is 1. The molecule has 2 aromatic rings. The average Bonchev–Trinajstić information content (AvgIpc) is 2.81. The first kappa shape index (κ1) is 13.5. The number of hydrogen-bond donors (Lipinski definition) is 0. The van der Waals surface area contributed by atoms with Crippen LogP contribution in [0.3, 0.4) is 0 Å². The van der Waals surface area contributed by atoms with Crippen LogP contribution in [0.5, 0.6) is 0 Å². The van der Waals surface area contributed by atoms with Gasteiger partial charge in [-0.1, -0.05) is 13.8 Å². The van der Waals surface area contributed by atoms with Gasteiger partial charge in [-0.3, -0.25) is 4.79 Å². The van der Waals surface area contributed by atoms with Gasteiger partial charge in [0.05, 0.1) is 5.69 Å². The first-order valence-corrected chi connectivity index (χ1v) is 6.45. The fourth-order valence-electron chi connectivity index (χ4n) is 2.01. The van der Waals surface area contributed by atoms with Crippen LogP contribution in [0.1, 0.15) is 42.5 Å².